The smallest absolute Gasteiger partial charge is 0.157 e. The molecule has 1 unspecified atom stereocenters. The Labute approximate surface area is 228 Å². The van der Waals surface area contributed by atoms with E-state index in [1.165, 1.54) is 43.0 Å². The van der Waals surface area contributed by atoms with E-state index < -0.39 is 0 Å². The topological polar surface area (TPSA) is 30.1 Å². The molecule has 39 heavy (non-hydrogen) atoms. The van der Waals surface area contributed by atoms with Gasteiger partial charge in [0, 0.05) is 26.6 Å². The number of furan rings is 1. The van der Waals surface area contributed by atoms with Crippen LogP contribution in [0.15, 0.2) is 131 Å². The van der Waals surface area contributed by atoms with Crippen LogP contribution < -0.4 is 5.32 Å². The van der Waals surface area contributed by atoms with Gasteiger partial charge >= 0.3 is 0 Å². The minimum Gasteiger partial charge on any atom is -0.455 e. The minimum atomic E-state index is 0.0218. The van der Waals surface area contributed by atoms with Crippen LogP contribution in [0.1, 0.15) is 5.50 Å². The van der Waals surface area contributed by atoms with Gasteiger partial charge in [-0.1, -0.05) is 103 Å². The van der Waals surface area contributed by atoms with Crippen LogP contribution in [0.2, 0.25) is 0 Å². The highest BCUT2D eigenvalue weighted by atomic mass is 32.2. The molecule has 0 bridgehead atoms. The van der Waals surface area contributed by atoms with Gasteiger partial charge in [-0.2, -0.15) is 0 Å². The van der Waals surface area contributed by atoms with Crippen molar-refractivity contribution < 1.29 is 4.42 Å². The van der Waals surface area contributed by atoms with Gasteiger partial charge in [0.1, 0.15) is 11.2 Å². The van der Waals surface area contributed by atoms with E-state index in [1.54, 1.807) is 0 Å². The average Bonchev–Trinajstić information content (AvgIpc) is 3.67. The van der Waals surface area contributed by atoms with Crippen LogP contribution >= 0.6 is 11.8 Å². The second-order valence-electron chi connectivity index (χ2n) is 10.2. The number of aromatic nitrogens is 1. The fourth-order valence-electron chi connectivity index (χ4n) is 6.28. The molecule has 184 valence electrons. The minimum absolute atomic E-state index is 0.0218. The molecule has 2 aromatic heterocycles. The zero-order valence-electron chi connectivity index (χ0n) is 20.9. The Kier molecular flexibility index (Phi) is 4.32. The molecule has 3 nitrogen and oxygen atoms in total. The van der Waals surface area contributed by atoms with E-state index in [-0.39, 0.29) is 5.50 Å². The zero-order valence-corrected chi connectivity index (χ0v) is 21.7. The van der Waals surface area contributed by atoms with Crippen LogP contribution in [0.25, 0.3) is 65.6 Å². The van der Waals surface area contributed by atoms with Gasteiger partial charge in [-0.3, -0.25) is 0 Å². The lowest BCUT2D eigenvalue weighted by Crippen LogP contribution is -2.10. The van der Waals surface area contributed by atoms with Gasteiger partial charge in [-0.15, -0.1) is 0 Å². The molecule has 0 saturated carbocycles. The Morgan fingerprint density at radius 2 is 1.31 bits per heavy atom. The maximum atomic E-state index is 6.59. The highest BCUT2D eigenvalue weighted by Gasteiger charge is 2.30. The first kappa shape index (κ1) is 21.3. The quantitative estimate of drug-likeness (QED) is 0.247. The zero-order chi connectivity index (χ0) is 25.5. The Morgan fingerprint density at radius 3 is 2.10 bits per heavy atom. The van der Waals surface area contributed by atoms with Crippen molar-refractivity contribution in [2.75, 3.05) is 5.32 Å². The lowest BCUT2D eigenvalue weighted by Gasteiger charge is -2.16. The fraction of sp³-hybridized carbons (Fsp3) is 0.0286. The Hall–Kier alpha value is -4.67. The number of fused-ring (bicyclic) bond motifs is 9. The molecule has 0 fully saturated rings. The van der Waals surface area contributed by atoms with Crippen molar-refractivity contribution in [1.29, 1.82) is 0 Å². The molecule has 0 spiro atoms. The first-order valence-electron chi connectivity index (χ1n) is 13.2. The summed E-state index contributed by atoms with van der Waals surface area (Å²) in [4.78, 5) is 1.24. The van der Waals surface area contributed by atoms with Crippen molar-refractivity contribution in [3.05, 3.63) is 121 Å². The lowest BCUT2D eigenvalue weighted by molar-refractivity contribution is 0.670. The molecule has 9 rings (SSSR count). The van der Waals surface area contributed by atoms with Gasteiger partial charge in [0.05, 0.1) is 22.1 Å². The molecular weight excluding hydrogens is 496 g/mol. The summed E-state index contributed by atoms with van der Waals surface area (Å²) < 4.78 is 9.03. The number of para-hydroxylation sites is 3. The third-order valence-electron chi connectivity index (χ3n) is 8.03. The van der Waals surface area contributed by atoms with Crippen molar-refractivity contribution in [3.8, 4) is 11.1 Å². The largest absolute Gasteiger partial charge is 0.455 e. The average molecular weight is 519 g/mol. The monoisotopic (exact) mass is 518 g/mol. The summed E-state index contributed by atoms with van der Waals surface area (Å²) in [5, 5.41) is 11.2. The molecule has 3 heterocycles. The number of benzene rings is 6. The van der Waals surface area contributed by atoms with E-state index in [0.717, 1.165) is 33.2 Å². The third kappa shape index (κ3) is 3.01. The van der Waals surface area contributed by atoms with E-state index in [4.69, 9.17) is 4.42 Å². The molecule has 1 aliphatic heterocycles. The molecule has 8 aromatic rings. The Morgan fingerprint density at radius 1 is 0.641 bits per heavy atom. The van der Waals surface area contributed by atoms with E-state index in [9.17, 15) is 0 Å². The normalized spacial score (nSPS) is 15.0. The number of hydrogen-bond donors (Lipinski definition) is 1. The molecule has 1 atom stereocenters. The number of anilines is 1. The molecule has 1 N–H and O–H groups in total. The van der Waals surface area contributed by atoms with Gasteiger partial charge < -0.3 is 14.3 Å². The first-order valence-corrected chi connectivity index (χ1v) is 14.1. The Balaban J connectivity index is 1.30. The van der Waals surface area contributed by atoms with Crippen LogP contribution in [0.4, 0.5) is 5.69 Å². The molecule has 0 amide bonds. The number of rotatable bonds is 2. The first-order chi connectivity index (χ1) is 19.3. The Bertz CT molecular complexity index is 2200. The second-order valence-corrected chi connectivity index (χ2v) is 11.3. The summed E-state index contributed by atoms with van der Waals surface area (Å²) in [5.41, 5.74) is 7.78. The third-order valence-corrected chi connectivity index (χ3v) is 9.16. The summed E-state index contributed by atoms with van der Waals surface area (Å²) >= 11 is 1.87. The molecule has 6 aromatic carbocycles. The van der Waals surface area contributed by atoms with Crippen molar-refractivity contribution in [2.24, 2.45) is 0 Å². The van der Waals surface area contributed by atoms with E-state index in [1.807, 2.05) is 17.8 Å². The van der Waals surface area contributed by atoms with E-state index in [0.29, 0.717) is 0 Å². The van der Waals surface area contributed by atoms with Gasteiger partial charge in [0.15, 0.2) is 5.50 Å². The summed E-state index contributed by atoms with van der Waals surface area (Å²) in [6.45, 7) is 0. The highest BCUT2D eigenvalue weighted by molar-refractivity contribution is 8.00. The summed E-state index contributed by atoms with van der Waals surface area (Å²) in [6, 6.07) is 43.3. The number of nitrogens with zero attached hydrogens (tertiary/aromatic N) is 1. The van der Waals surface area contributed by atoms with E-state index >= 15 is 0 Å². The SMILES string of the molecule is c1ccc2cc(-c3cc4c(c5c3oc3ccccc35)NC(n3c5ccccc5c5ccccc53)S4)ccc2c1. The maximum absolute atomic E-state index is 6.59. The van der Waals surface area contributed by atoms with Crippen molar-refractivity contribution in [2.45, 2.75) is 10.4 Å². The molecule has 0 saturated heterocycles. The maximum Gasteiger partial charge on any atom is 0.157 e. The van der Waals surface area contributed by atoms with Gasteiger partial charge in [0.25, 0.3) is 0 Å². The van der Waals surface area contributed by atoms with Gasteiger partial charge in [-0.05, 0) is 46.7 Å². The summed E-state index contributed by atoms with van der Waals surface area (Å²) in [6.07, 6.45) is 0. The van der Waals surface area contributed by atoms with Gasteiger partial charge in [0.2, 0.25) is 0 Å². The number of nitrogens with one attached hydrogen (secondary N) is 1. The lowest BCUT2D eigenvalue weighted by atomic mass is 9.98. The predicted molar refractivity (Wildman–Crippen MR) is 165 cm³/mol. The summed E-state index contributed by atoms with van der Waals surface area (Å²) in [7, 11) is 0. The van der Waals surface area contributed by atoms with Crippen molar-refractivity contribution >= 4 is 72.0 Å². The summed E-state index contributed by atoms with van der Waals surface area (Å²) in [5.74, 6) is 0. The molecule has 0 aliphatic carbocycles. The molecule has 1 aliphatic rings. The fourth-order valence-corrected chi connectivity index (χ4v) is 7.49. The predicted octanol–water partition coefficient (Wildman–Crippen LogP) is 10.2. The van der Waals surface area contributed by atoms with Crippen LogP contribution in [-0.4, -0.2) is 4.57 Å². The number of hydrogen-bond acceptors (Lipinski definition) is 3. The van der Waals surface area contributed by atoms with E-state index in [2.05, 4.69) is 125 Å². The molecular formula is C35H22N2OS. The van der Waals surface area contributed by atoms with Crippen LogP contribution in [0.5, 0.6) is 0 Å². The van der Waals surface area contributed by atoms with Gasteiger partial charge in [-0.25, -0.2) is 0 Å². The second kappa shape index (κ2) is 7.92. The van der Waals surface area contributed by atoms with Crippen LogP contribution in [0, 0.1) is 0 Å². The van der Waals surface area contributed by atoms with Crippen molar-refractivity contribution in [1.82, 2.24) is 4.57 Å². The standard InChI is InChI=1S/C35H22N2OS/c1-2-10-22-19-23(18-17-21(22)9-1)27-20-31-33(32-26-13-5-8-16-30(26)38-34(27)32)36-35(39-31)37-28-14-6-3-11-24(28)25-12-4-7-15-29(25)37/h1-20,35-36H. The molecule has 4 heteroatoms. The number of thioether (sulfide) groups is 1. The molecule has 0 radical (unpaired) electrons. The highest BCUT2D eigenvalue weighted by Crippen LogP contribution is 2.53. The van der Waals surface area contributed by atoms with Crippen molar-refractivity contribution in [3.63, 3.8) is 0 Å². The van der Waals surface area contributed by atoms with Crippen LogP contribution in [-0.2, 0) is 0 Å². The van der Waals surface area contributed by atoms with Crippen LogP contribution in [0.3, 0.4) is 0 Å².